The van der Waals surface area contributed by atoms with Crippen molar-refractivity contribution in [3.8, 4) is 0 Å². The van der Waals surface area contributed by atoms with Gasteiger partial charge in [-0.1, -0.05) is 12.2 Å². The predicted octanol–water partition coefficient (Wildman–Crippen LogP) is 1.13. The van der Waals surface area contributed by atoms with Gasteiger partial charge in [0.1, 0.15) is 0 Å². The number of thiazole rings is 1. The maximum absolute atomic E-state index is 11.8. The fourth-order valence-electron chi connectivity index (χ4n) is 2.32. The molecule has 0 aromatic carbocycles. The number of carboxylic acid groups (broad SMARTS) is 1. The summed E-state index contributed by atoms with van der Waals surface area (Å²) < 4.78 is 0. The van der Waals surface area contributed by atoms with Crippen molar-refractivity contribution >= 4 is 23.2 Å². The normalized spacial score (nSPS) is 25.9. The van der Waals surface area contributed by atoms with Gasteiger partial charge in [0.2, 0.25) is 10.9 Å². The van der Waals surface area contributed by atoms with Crippen LogP contribution in [0.2, 0.25) is 0 Å². The highest BCUT2D eigenvalue weighted by atomic mass is 32.1. The molecule has 0 radical (unpaired) electrons. The van der Waals surface area contributed by atoms with Crippen molar-refractivity contribution in [2.24, 2.45) is 5.92 Å². The third-order valence-electron chi connectivity index (χ3n) is 3.13. The molecule has 2 aliphatic rings. The molecule has 2 unspecified atom stereocenters. The molecule has 1 fully saturated rings. The van der Waals surface area contributed by atoms with Gasteiger partial charge in [0.15, 0.2) is 0 Å². The van der Waals surface area contributed by atoms with Crippen LogP contribution in [-0.4, -0.2) is 32.9 Å². The molecule has 0 saturated carbocycles. The molecule has 1 aliphatic carbocycles. The van der Waals surface area contributed by atoms with Gasteiger partial charge >= 0.3 is 5.97 Å². The van der Waals surface area contributed by atoms with Crippen LogP contribution in [-0.2, 0) is 11.3 Å². The fourth-order valence-corrected chi connectivity index (χ4v) is 2.96. The van der Waals surface area contributed by atoms with Crippen molar-refractivity contribution in [2.45, 2.75) is 19.0 Å². The van der Waals surface area contributed by atoms with E-state index in [1.165, 1.54) is 0 Å². The van der Waals surface area contributed by atoms with Crippen LogP contribution < -0.4 is 0 Å². The Labute approximate surface area is 101 Å². The summed E-state index contributed by atoms with van der Waals surface area (Å²) in [6.45, 7) is 0.411. The van der Waals surface area contributed by atoms with Crippen molar-refractivity contribution in [2.75, 3.05) is 0 Å². The van der Waals surface area contributed by atoms with Crippen LogP contribution in [0.25, 0.3) is 0 Å². The largest absolute Gasteiger partial charge is 0.476 e. The van der Waals surface area contributed by atoms with E-state index in [4.69, 9.17) is 5.11 Å². The first-order valence-electron chi connectivity index (χ1n) is 5.31. The van der Waals surface area contributed by atoms with E-state index in [2.05, 4.69) is 4.98 Å². The standard InChI is InChI=1S/C11H10N2O3S/c14-10-6-1-2-8(3-6)13(10)4-7-5-17-9(12-7)11(15)16/h1-2,5-6,8H,3-4H2,(H,15,16). The zero-order chi connectivity index (χ0) is 12.0. The van der Waals surface area contributed by atoms with Crippen LogP contribution >= 0.6 is 11.3 Å². The number of aromatic nitrogens is 1. The Balaban J connectivity index is 1.77. The average molecular weight is 250 g/mol. The van der Waals surface area contributed by atoms with Crippen molar-refractivity contribution in [3.63, 3.8) is 0 Å². The van der Waals surface area contributed by atoms with Crippen LogP contribution in [0.5, 0.6) is 0 Å². The highest BCUT2D eigenvalue weighted by Crippen LogP contribution is 2.33. The summed E-state index contributed by atoms with van der Waals surface area (Å²) in [4.78, 5) is 28.3. The Kier molecular flexibility index (Phi) is 2.25. The molecule has 88 valence electrons. The zero-order valence-corrected chi connectivity index (χ0v) is 9.68. The molecule has 2 heterocycles. The summed E-state index contributed by atoms with van der Waals surface area (Å²) in [5.41, 5.74) is 0.654. The Morgan fingerprint density at radius 3 is 3.00 bits per heavy atom. The number of carbonyl (C=O) groups is 2. The molecule has 2 atom stereocenters. The molecule has 1 amide bonds. The molecule has 0 spiro atoms. The minimum Gasteiger partial charge on any atom is -0.476 e. The number of likely N-dealkylation sites (tertiary alicyclic amines) is 1. The first-order valence-corrected chi connectivity index (χ1v) is 6.19. The zero-order valence-electron chi connectivity index (χ0n) is 8.87. The predicted molar refractivity (Wildman–Crippen MR) is 60.7 cm³/mol. The molecule has 3 rings (SSSR count). The Morgan fingerprint density at radius 1 is 1.59 bits per heavy atom. The summed E-state index contributed by atoms with van der Waals surface area (Å²) in [5, 5.41) is 10.5. The van der Waals surface area contributed by atoms with Gasteiger partial charge in [-0.2, -0.15) is 0 Å². The summed E-state index contributed by atoms with van der Waals surface area (Å²) in [6, 6.07) is 0.169. The van der Waals surface area contributed by atoms with Gasteiger partial charge in [-0.25, -0.2) is 9.78 Å². The van der Waals surface area contributed by atoms with Gasteiger partial charge in [-0.15, -0.1) is 11.3 Å². The number of carbonyl (C=O) groups excluding carboxylic acids is 1. The third kappa shape index (κ3) is 1.64. The lowest BCUT2D eigenvalue weighted by Gasteiger charge is -2.22. The van der Waals surface area contributed by atoms with Crippen molar-refractivity contribution in [3.05, 3.63) is 28.2 Å². The smallest absolute Gasteiger partial charge is 0.365 e. The highest BCUT2D eigenvalue weighted by molar-refractivity contribution is 7.11. The van der Waals surface area contributed by atoms with Gasteiger partial charge < -0.3 is 10.0 Å². The lowest BCUT2D eigenvalue weighted by molar-refractivity contribution is -0.131. The summed E-state index contributed by atoms with van der Waals surface area (Å²) >= 11 is 1.10. The molecule has 5 nitrogen and oxygen atoms in total. The van der Waals surface area contributed by atoms with Crippen LogP contribution in [0.4, 0.5) is 0 Å². The second-order valence-electron chi connectivity index (χ2n) is 4.21. The number of amides is 1. The summed E-state index contributed by atoms with van der Waals surface area (Å²) in [7, 11) is 0. The van der Waals surface area contributed by atoms with Gasteiger partial charge in [-0.3, -0.25) is 4.79 Å². The van der Waals surface area contributed by atoms with E-state index in [9.17, 15) is 9.59 Å². The van der Waals surface area contributed by atoms with Crippen LogP contribution in [0.15, 0.2) is 17.5 Å². The van der Waals surface area contributed by atoms with E-state index in [1.807, 2.05) is 12.2 Å². The first kappa shape index (κ1) is 10.5. The number of hydrogen-bond donors (Lipinski definition) is 1. The maximum atomic E-state index is 11.8. The quantitative estimate of drug-likeness (QED) is 0.816. The average Bonchev–Trinajstić information content (AvgIpc) is 2.97. The van der Waals surface area contributed by atoms with Crippen LogP contribution in [0, 0.1) is 5.92 Å². The Hall–Kier alpha value is -1.69. The number of aromatic carboxylic acids is 1. The van der Waals surface area contributed by atoms with Crippen molar-refractivity contribution in [1.82, 2.24) is 9.88 Å². The van der Waals surface area contributed by atoms with Gasteiger partial charge in [0, 0.05) is 5.38 Å². The molecule has 1 N–H and O–H groups in total. The fraction of sp³-hybridized carbons (Fsp3) is 0.364. The molecule has 1 aromatic heterocycles. The molecule has 1 aliphatic heterocycles. The van der Waals surface area contributed by atoms with Gasteiger partial charge in [-0.05, 0) is 6.42 Å². The Morgan fingerprint density at radius 2 is 2.41 bits per heavy atom. The third-order valence-corrected chi connectivity index (χ3v) is 4.01. The minimum atomic E-state index is -1.02. The van der Waals surface area contributed by atoms with Crippen molar-refractivity contribution in [1.29, 1.82) is 0 Å². The van der Waals surface area contributed by atoms with E-state index in [-0.39, 0.29) is 22.9 Å². The van der Waals surface area contributed by atoms with Crippen LogP contribution in [0.1, 0.15) is 21.9 Å². The SMILES string of the molecule is O=C(O)c1nc(CN2C(=O)C3C=CC2C3)cs1. The summed E-state index contributed by atoms with van der Waals surface area (Å²) in [6.07, 6.45) is 4.85. The molecule has 1 aromatic rings. The van der Waals surface area contributed by atoms with E-state index in [1.54, 1.807) is 10.3 Å². The molecule has 2 bridgehead atoms. The Bertz CT molecular complexity index is 523. The highest BCUT2D eigenvalue weighted by Gasteiger charge is 2.40. The number of fused-ring (bicyclic) bond motifs is 2. The number of hydrogen-bond acceptors (Lipinski definition) is 4. The van der Waals surface area contributed by atoms with E-state index >= 15 is 0 Å². The molecular formula is C11H10N2O3S. The second-order valence-corrected chi connectivity index (χ2v) is 5.07. The lowest BCUT2D eigenvalue weighted by Crippen LogP contribution is -2.34. The minimum absolute atomic E-state index is 0.0255. The topological polar surface area (TPSA) is 70.5 Å². The van der Waals surface area contributed by atoms with Crippen molar-refractivity contribution < 1.29 is 14.7 Å². The van der Waals surface area contributed by atoms with E-state index in [0.29, 0.717) is 12.2 Å². The van der Waals surface area contributed by atoms with E-state index < -0.39 is 5.97 Å². The number of nitrogens with zero attached hydrogens (tertiary/aromatic N) is 2. The first-order chi connectivity index (χ1) is 8.15. The van der Waals surface area contributed by atoms with Crippen LogP contribution in [0.3, 0.4) is 0 Å². The number of rotatable bonds is 3. The van der Waals surface area contributed by atoms with Gasteiger partial charge in [0.05, 0.1) is 24.2 Å². The lowest BCUT2D eigenvalue weighted by atomic mass is 10.1. The monoisotopic (exact) mass is 250 g/mol. The molecule has 6 heteroatoms. The van der Waals surface area contributed by atoms with E-state index in [0.717, 1.165) is 17.8 Å². The van der Waals surface area contributed by atoms with Gasteiger partial charge in [0.25, 0.3) is 0 Å². The maximum Gasteiger partial charge on any atom is 0.365 e. The number of carboxylic acids is 1. The molecule has 17 heavy (non-hydrogen) atoms. The second kappa shape index (κ2) is 3.66. The molecule has 1 saturated heterocycles. The molecular weight excluding hydrogens is 240 g/mol. The summed E-state index contributed by atoms with van der Waals surface area (Å²) in [5.74, 6) is -0.865.